The molecule has 1 aliphatic rings. The summed E-state index contributed by atoms with van der Waals surface area (Å²) in [7, 11) is 0. The highest BCUT2D eigenvalue weighted by molar-refractivity contribution is 6.34. The van der Waals surface area contributed by atoms with E-state index in [1.807, 2.05) is 0 Å². The van der Waals surface area contributed by atoms with Gasteiger partial charge in [0.1, 0.15) is 0 Å². The molecule has 3 aromatic rings. The Kier molecular flexibility index (Phi) is 4.40. The molecule has 0 saturated heterocycles. The first-order valence-electron chi connectivity index (χ1n) is 8.66. The van der Waals surface area contributed by atoms with E-state index in [-0.39, 0.29) is 11.1 Å². The van der Waals surface area contributed by atoms with Crippen molar-refractivity contribution in [1.82, 2.24) is 0 Å². The third-order valence-corrected chi connectivity index (χ3v) is 4.54. The van der Waals surface area contributed by atoms with E-state index in [9.17, 15) is 24.3 Å². The predicted octanol–water partition coefficient (Wildman–Crippen LogP) is 2.10. The van der Waals surface area contributed by atoms with Crippen LogP contribution in [0, 0.1) is 0 Å². The van der Waals surface area contributed by atoms with Gasteiger partial charge in [-0.25, -0.2) is 4.90 Å². The lowest BCUT2D eigenvalue weighted by molar-refractivity contribution is -0.255. The first-order chi connectivity index (χ1) is 14.0. The first kappa shape index (κ1) is 18.1. The Morgan fingerprint density at radius 2 is 1.38 bits per heavy atom. The van der Waals surface area contributed by atoms with E-state index in [0.717, 1.165) is 4.90 Å². The largest absolute Gasteiger partial charge is 0.545 e. The van der Waals surface area contributed by atoms with E-state index in [4.69, 9.17) is 0 Å². The lowest BCUT2D eigenvalue weighted by Gasteiger charge is -2.14. The number of carboxylic acids is 1. The number of carboxylic acid groups (broad SMARTS) is 1. The molecule has 7 nitrogen and oxygen atoms in total. The molecular weight excluding hydrogens is 372 g/mol. The Labute approximate surface area is 165 Å². The standard InChI is InChI=1S/C22H14N2O5/c25-19(23-15-5-3-4-14(12-15)22(28)29)13-8-10-16(11-9-13)24-20(26)17-6-1-2-7-18(17)21(24)27/h1-12H,(H,23,25)(H,28,29)/p-1. The molecule has 29 heavy (non-hydrogen) atoms. The van der Waals surface area contributed by atoms with E-state index in [2.05, 4.69) is 5.32 Å². The van der Waals surface area contributed by atoms with E-state index < -0.39 is 23.7 Å². The first-order valence-corrected chi connectivity index (χ1v) is 8.66. The van der Waals surface area contributed by atoms with Crippen LogP contribution in [0.1, 0.15) is 41.4 Å². The molecule has 1 aliphatic heterocycles. The number of fused-ring (bicyclic) bond motifs is 1. The summed E-state index contributed by atoms with van der Waals surface area (Å²) in [6.45, 7) is 0. The summed E-state index contributed by atoms with van der Waals surface area (Å²) in [6.07, 6.45) is 0. The molecule has 7 heteroatoms. The summed E-state index contributed by atoms with van der Waals surface area (Å²) in [4.78, 5) is 49.5. The second-order valence-corrected chi connectivity index (χ2v) is 6.36. The topological polar surface area (TPSA) is 107 Å². The van der Waals surface area contributed by atoms with Crippen LogP contribution in [0.5, 0.6) is 0 Å². The van der Waals surface area contributed by atoms with Crippen molar-refractivity contribution in [3.05, 3.63) is 95.1 Å². The maximum atomic E-state index is 12.5. The van der Waals surface area contributed by atoms with Gasteiger partial charge >= 0.3 is 0 Å². The lowest BCUT2D eigenvalue weighted by atomic mass is 10.1. The SMILES string of the molecule is O=C([O-])c1cccc(NC(=O)c2ccc(N3C(=O)c4ccccc4C3=O)cc2)c1. The number of nitrogens with one attached hydrogen (secondary N) is 1. The normalized spacial score (nSPS) is 12.6. The quantitative estimate of drug-likeness (QED) is 0.692. The zero-order valence-electron chi connectivity index (χ0n) is 14.9. The average molecular weight is 385 g/mol. The van der Waals surface area contributed by atoms with Crippen LogP contribution >= 0.6 is 0 Å². The van der Waals surface area contributed by atoms with Gasteiger partial charge in [0.25, 0.3) is 17.7 Å². The van der Waals surface area contributed by atoms with Crippen LogP contribution in [0.3, 0.4) is 0 Å². The summed E-state index contributed by atoms with van der Waals surface area (Å²) in [5, 5.41) is 13.5. The molecule has 0 spiro atoms. The fourth-order valence-electron chi connectivity index (χ4n) is 3.11. The molecule has 1 N–H and O–H groups in total. The van der Waals surface area contributed by atoms with E-state index >= 15 is 0 Å². The molecule has 3 aromatic carbocycles. The Morgan fingerprint density at radius 1 is 0.759 bits per heavy atom. The van der Waals surface area contributed by atoms with Gasteiger partial charge in [0.2, 0.25) is 0 Å². The van der Waals surface area contributed by atoms with Gasteiger partial charge in [-0.05, 0) is 54.1 Å². The van der Waals surface area contributed by atoms with Gasteiger partial charge in [0.05, 0.1) is 22.8 Å². The molecule has 0 saturated carbocycles. The van der Waals surface area contributed by atoms with Crippen LogP contribution < -0.4 is 15.3 Å². The van der Waals surface area contributed by atoms with Crippen LogP contribution in [0.25, 0.3) is 0 Å². The van der Waals surface area contributed by atoms with Crippen LogP contribution in [0.2, 0.25) is 0 Å². The molecule has 0 radical (unpaired) electrons. The predicted molar refractivity (Wildman–Crippen MR) is 103 cm³/mol. The van der Waals surface area contributed by atoms with Gasteiger partial charge < -0.3 is 15.2 Å². The fourth-order valence-corrected chi connectivity index (χ4v) is 3.11. The molecule has 142 valence electrons. The van der Waals surface area contributed by atoms with Crippen molar-refractivity contribution in [3.63, 3.8) is 0 Å². The number of anilines is 2. The second kappa shape index (κ2) is 7.05. The molecule has 0 aliphatic carbocycles. The van der Waals surface area contributed by atoms with Gasteiger partial charge in [0.15, 0.2) is 0 Å². The van der Waals surface area contributed by atoms with Crippen molar-refractivity contribution in [2.75, 3.05) is 10.2 Å². The minimum Gasteiger partial charge on any atom is -0.545 e. The maximum absolute atomic E-state index is 12.5. The zero-order valence-corrected chi connectivity index (χ0v) is 14.9. The van der Waals surface area contributed by atoms with Crippen molar-refractivity contribution >= 4 is 35.1 Å². The Balaban J connectivity index is 1.53. The minimum absolute atomic E-state index is 0.0521. The van der Waals surface area contributed by atoms with Crippen molar-refractivity contribution in [2.45, 2.75) is 0 Å². The Bertz CT molecular complexity index is 1130. The summed E-state index contributed by atoms with van der Waals surface area (Å²) >= 11 is 0. The summed E-state index contributed by atoms with van der Waals surface area (Å²) < 4.78 is 0. The Hall–Kier alpha value is -4.26. The summed E-state index contributed by atoms with van der Waals surface area (Å²) in [5.74, 6) is -2.63. The van der Waals surface area contributed by atoms with Crippen LogP contribution in [-0.4, -0.2) is 23.7 Å². The van der Waals surface area contributed by atoms with E-state index in [1.165, 1.54) is 42.5 Å². The smallest absolute Gasteiger partial charge is 0.266 e. The molecule has 0 aromatic heterocycles. The fraction of sp³-hybridized carbons (Fsp3) is 0. The second-order valence-electron chi connectivity index (χ2n) is 6.36. The number of hydrogen-bond donors (Lipinski definition) is 1. The molecule has 4 rings (SSSR count). The van der Waals surface area contributed by atoms with Crippen LogP contribution in [0.15, 0.2) is 72.8 Å². The third kappa shape index (κ3) is 3.25. The monoisotopic (exact) mass is 385 g/mol. The molecule has 0 unspecified atom stereocenters. The van der Waals surface area contributed by atoms with Crippen molar-refractivity contribution in [2.24, 2.45) is 0 Å². The molecule has 3 amide bonds. The number of carbonyl (C=O) groups excluding carboxylic acids is 4. The number of rotatable bonds is 4. The summed E-state index contributed by atoms with van der Waals surface area (Å²) in [6, 6.07) is 18.3. The number of nitrogens with zero attached hydrogens (tertiary/aromatic N) is 1. The maximum Gasteiger partial charge on any atom is 0.266 e. The van der Waals surface area contributed by atoms with E-state index in [1.54, 1.807) is 30.3 Å². The highest BCUT2D eigenvalue weighted by atomic mass is 16.4. The lowest BCUT2D eigenvalue weighted by Crippen LogP contribution is -2.29. The van der Waals surface area contributed by atoms with Crippen molar-refractivity contribution in [1.29, 1.82) is 0 Å². The number of carbonyl (C=O) groups is 4. The number of benzene rings is 3. The third-order valence-electron chi connectivity index (χ3n) is 4.54. The van der Waals surface area contributed by atoms with Crippen molar-refractivity contribution in [3.8, 4) is 0 Å². The zero-order chi connectivity index (χ0) is 20.5. The highest BCUT2D eigenvalue weighted by Gasteiger charge is 2.36. The molecule has 0 bridgehead atoms. The van der Waals surface area contributed by atoms with Crippen LogP contribution in [0.4, 0.5) is 11.4 Å². The Morgan fingerprint density at radius 3 is 1.97 bits per heavy atom. The minimum atomic E-state index is -1.34. The van der Waals surface area contributed by atoms with Gasteiger partial charge in [-0.15, -0.1) is 0 Å². The average Bonchev–Trinajstić information content (AvgIpc) is 2.99. The summed E-state index contributed by atoms with van der Waals surface area (Å²) in [5.41, 5.74) is 1.57. The number of amides is 3. The molecule has 1 heterocycles. The van der Waals surface area contributed by atoms with E-state index in [0.29, 0.717) is 22.5 Å². The van der Waals surface area contributed by atoms with Crippen molar-refractivity contribution < 1.29 is 24.3 Å². The number of imide groups is 1. The van der Waals surface area contributed by atoms with Gasteiger partial charge in [-0.3, -0.25) is 14.4 Å². The van der Waals surface area contributed by atoms with Gasteiger partial charge in [-0.2, -0.15) is 0 Å². The molecule has 0 atom stereocenters. The van der Waals surface area contributed by atoms with Gasteiger partial charge in [-0.1, -0.05) is 24.3 Å². The van der Waals surface area contributed by atoms with Crippen LogP contribution in [-0.2, 0) is 0 Å². The van der Waals surface area contributed by atoms with Gasteiger partial charge in [0, 0.05) is 11.3 Å². The molecule has 0 fully saturated rings. The molecular formula is C22H13N2O5-. The highest BCUT2D eigenvalue weighted by Crippen LogP contribution is 2.28. The number of aromatic carboxylic acids is 1. The number of hydrogen-bond acceptors (Lipinski definition) is 5.